The topological polar surface area (TPSA) is 44.4 Å². The first-order valence-corrected chi connectivity index (χ1v) is 9.64. The summed E-state index contributed by atoms with van der Waals surface area (Å²) in [5.74, 6) is 0.954. The van der Waals surface area contributed by atoms with E-state index in [1.807, 2.05) is 12.4 Å². The molecule has 1 saturated heterocycles. The van der Waals surface area contributed by atoms with Gasteiger partial charge in [-0.2, -0.15) is 0 Å². The van der Waals surface area contributed by atoms with E-state index >= 15 is 0 Å². The number of likely N-dealkylation sites (N-methyl/N-ethyl adjacent to an activating group) is 1. The number of aromatic nitrogens is 2. The van der Waals surface area contributed by atoms with E-state index in [2.05, 4.69) is 67.6 Å². The number of nitrogens with zero attached hydrogens (tertiary/aromatic N) is 3. The third-order valence-corrected chi connectivity index (χ3v) is 6.08. The number of hydrogen-bond acceptors (Lipinski definition) is 4. The van der Waals surface area contributed by atoms with Gasteiger partial charge in [0.25, 0.3) is 0 Å². The fraction of sp³-hybridized carbons (Fsp3) is 0.316. The quantitative estimate of drug-likeness (QED) is 0.582. The number of rotatable bonds is 1. The Morgan fingerprint density at radius 1 is 1.16 bits per heavy atom. The summed E-state index contributed by atoms with van der Waals surface area (Å²) in [5.41, 5.74) is 5.77. The van der Waals surface area contributed by atoms with E-state index in [0.717, 1.165) is 52.1 Å². The monoisotopic (exact) mass is 446 g/mol. The van der Waals surface area contributed by atoms with Crippen LogP contribution >= 0.6 is 22.6 Å². The molecule has 0 atom stereocenters. The fourth-order valence-corrected chi connectivity index (χ4v) is 4.40. The number of benzene rings is 1. The van der Waals surface area contributed by atoms with Crippen molar-refractivity contribution in [3.05, 3.63) is 39.7 Å². The van der Waals surface area contributed by atoms with E-state index in [1.165, 1.54) is 16.8 Å². The number of ether oxygens (including phenoxy) is 1. The number of fused-ring (bicyclic) bond motifs is 5. The van der Waals surface area contributed by atoms with E-state index in [1.54, 1.807) is 0 Å². The van der Waals surface area contributed by atoms with Crippen LogP contribution < -0.4 is 9.64 Å². The maximum atomic E-state index is 6.17. The van der Waals surface area contributed by atoms with Crippen LogP contribution in [-0.2, 0) is 6.61 Å². The Hall–Kier alpha value is -1.80. The second-order valence-electron chi connectivity index (χ2n) is 6.78. The Balaban J connectivity index is 1.56. The van der Waals surface area contributed by atoms with Crippen LogP contribution in [0.1, 0.15) is 5.56 Å². The summed E-state index contributed by atoms with van der Waals surface area (Å²) in [4.78, 5) is 12.6. The smallest absolute Gasteiger partial charge is 0.142 e. The first kappa shape index (κ1) is 15.5. The first-order valence-electron chi connectivity index (χ1n) is 8.56. The Labute approximate surface area is 160 Å². The molecule has 5 nitrogen and oxygen atoms in total. The standard InChI is InChI=1S/C19H19IN4O/c1-23-4-6-24(7-5-23)13-2-3-14-12(8-13)11-25-18-15(14)9-21-19-17(18)16(20)10-22-19/h2-3,8-10H,4-7,11H2,1H3,(H,21,22). The molecular weight excluding hydrogens is 427 g/mol. The highest BCUT2D eigenvalue weighted by Crippen LogP contribution is 2.43. The Bertz CT molecular complexity index is 959. The van der Waals surface area contributed by atoms with Crippen molar-refractivity contribution in [3.8, 4) is 16.9 Å². The van der Waals surface area contributed by atoms with Crippen molar-refractivity contribution in [3.63, 3.8) is 0 Å². The van der Waals surface area contributed by atoms with E-state index in [-0.39, 0.29) is 0 Å². The SMILES string of the molecule is CN1CCN(c2ccc3c(c2)COc2c-3cnc3[nH]cc(I)c23)CC1. The molecule has 128 valence electrons. The number of hydrogen-bond donors (Lipinski definition) is 1. The molecule has 2 aromatic heterocycles. The summed E-state index contributed by atoms with van der Waals surface area (Å²) in [6, 6.07) is 6.76. The van der Waals surface area contributed by atoms with Gasteiger partial charge in [-0.05, 0) is 52.9 Å². The number of pyridine rings is 1. The zero-order chi connectivity index (χ0) is 17.0. The zero-order valence-electron chi connectivity index (χ0n) is 14.1. The van der Waals surface area contributed by atoms with E-state index in [9.17, 15) is 0 Å². The predicted molar refractivity (Wildman–Crippen MR) is 108 cm³/mol. The van der Waals surface area contributed by atoms with E-state index in [4.69, 9.17) is 4.74 Å². The minimum atomic E-state index is 0.615. The van der Waals surface area contributed by atoms with E-state index < -0.39 is 0 Å². The summed E-state index contributed by atoms with van der Waals surface area (Å²) in [5, 5.41) is 1.09. The van der Waals surface area contributed by atoms with Gasteiger partial charge in [0.15, 0.2) is 0 Å². The molecule has 5 rings (SSSR count). The lowest BCUT2D eigenvalue weighted by Crippen LogP contribution is -2.44. The molecule has 4 heterocycles. The molecule has 2 aliphatic rings. The van der Waals surface area contributed by atoms with Crippen LogP contribution in [-0.4, -0.2) is 48.1 Å². The van der Waals surface area contributed by atoms with Crippen molar-refractivity contribution in [2.24, 2.45) is 0 Å². The molecule has 0 unspecified atom stereocenters. The molecule has 1 fully saturated rings. The second kappa shape index (κ2) is 5.88. The molecule has 6 heteroatoms. The predicted octanol–water partition coefficient (Wildman–Crippen LogP) is 3.48. The van der Waals surface area contributed by atoms with Gasteiger partial charge in [0.1, 0.15) is 18.0 Å². The highest BCUT2D eigenvalue weighted by Gasteiger charge is 2.23. The lowest BCUT2D eigenvalue weighted by Gasteiger charge is -2.34. The second-order valence-corrected chi connectivity index (χ2v) is 7.94. The van der Waals surface area contributed by atoms with Crippen LogP contribution in [0.15, 0.2) is 30.6 Å². The highest BCUT2D eigenvalue weighted by atomic mass is 127. The van der Waals surface area contributed by atoms with Gasteiger partial charge < -0.3 is 19.5 Å². The minimum Gasteiger partial charge on any atom is -0.487 e. The van der Waals surface area contributed by atoms with Gasteiger partial charge in [-0.1, -0.05) is 6.07 Å². The number of halogens is 1. The molecule has 1 aromatic carbocycles. The van der Waals surface area contributed by atoms with Crippen molar-refractivity contribution >= 4 is 39.3 Å². The minimum absolute atomic E-state index is 0.615. The maximum absolute atomic E-state index is 6.17. The molecule has 0 aliphatic carbocycles. The Kier molecular flexibility index (Phi) is 3.63. The highest BCUT2D eigenvalue weighted by molar-refractivity contribution is 14.1. The Morgan fingerprint density at radius 3 is 2.84 bits per heavy atom. The van der Waals surface area contributed by atoms with Crippen molar-refractivity contribution in [2.45, 2.75) is 6.61 Å². The van der Waals surface area contributed by atoms with E-state index in [0.29, 0.717) is 6.61 Å². The summed E-state index contributed by atoms with van der Waals surface area (Å²) < 4.78 is 7.32. The number of H-pyrrole nitrogens is 1. The van der Waals surface area contributed by atoms with Crippen LogP contribution in [0.4, 0.5) is 5.69 Å². The molecule has 3 aromatic rings. The third kappa shape index (κ3) is 2.50. The van der Waals surface area contributed by atoms with Crippen LogP contribution in [0.25, 0.3) is 22.2 Å². The molecule has 0 radical (unpaired) electrons. The van der Waals surface area contributed by atoms with Gasteiger partial charge in [0.05, 0.1) is 5.39 Å². The molecular formula is C19H19IN4O. The number of piperazine rings is 1. The van der Waals surface area contributed by atoms with Gasteiger partial charge in [-0.25, -0.2) is 4.98 Å². The average molecular weight is 446 g/mol. The molecule has 0 bridgehead atoms. The van der Waals surface area contributed by atoms with Crippen LogP contribution in [0, 0.1) is 3.57 Å². The summed E-state index contributed by atoms with van der Waals surface area (Å²) in [6.07, 6.45) is 3.91. The molecule has 25 heavy (non-hydrogen) atoms. The van der Waals surface area contributed by atoms with Crippen molar-refractivity contribution in [2.75, 3.05) is 38.1 Å². The number of anilines is 1. The van der Waals surface area contributed by atoms with Crippen molar-refractivity contribution in [1.29, 1.82) is 0 Å². The molecule has 0 saturated carbocycles. The van der Waals surface area contributed by atoms with Crippen LogP contribution in [0.3, 0.4) is 0 Å². The van der Waals surface area contributed by atoms with Crippen molar-refractivity contribution in [1.82, 2.24) is 14.9 Å². The molecule has 2 aliphatic heterocycles. The third-order valence-electron chi connectivity index (χ3n) is 5.23. The summed E-state index contributed by atoms with van der Waals surface area (Å²) >= 11 is 2.33. The summed E-state index contributed by atoms with van der Waals surface area (Å²) in [7, 11) is 2.19. The number of aromatic amines is 1. The lowest BCUT2D eigenvalue weighted by atomic mass is 9.96. The molecule has 0 amide bonds. The maximum Gasteiger partial charge on any atom is 0.142 e. The van der Waals surface area contributed by atoms with Gasteiger partial charge >= 0.3 is 0 Å². The largest absolute Gasteiger partial charge is 0.487 e. The van der Waals surface area contributed by atoms with Gasteiger partial charge in [-0.3, -0.25) is 0 Å². The zero-order valence-corrected chi connectivity index (χ0v) is 16.2. The summed E-state index contributed by atoms with van der Waals surface area (Å²) in [6.45, 7) is 5.01. The van der Waals surface area contributed by atoms with Gasteiger partial charge in [0, 0.05) is 53.4 Å². The molecule has 1 N–H and O–H groups in total. The lowest BCUT2D eigenvalue weighted by molar-refractivity contribution is 0.305. The van der Waals surface area contributed by atoms with Gasteiger partial charge in [-0.15, -0.1) is 0 Å². The molecule has 0 spiro atoms. The van der Waals surface area contributed by atoms with Crippen LogP contribution in [0.2, 0.25) is 0 Å². The number of nitrogens with one attached hydrogen (secondary N) is 1. The first-order chi connectivity index (χ1) is 12.2. The average Bonchev–Trinajstić information content (AvgIpc) is 3.03. The van der Waals surface area contributed by atoms with Crippen LogP contribution in [0.5, 0.6) is 5.75 Å². The van der Waals surface area contributed by atoms with Crippen molar-refractivity contribution < 1.29 is 4.74 Å². The Morgan fingerprint density at radius 2 is 2.00 bits per heavy atom. The van der Waals surface area contributed by atoms with Gasteiger partial charge in [0.2, 0.25) is 0 Å². The normalized spacial score (nSPS) is 17.3. The fourth-order valence-electron chi connectivity index (χ4n) is 3.74.